The number of allylic oxidation sites excluding steroid dienone is 1. The Morgan fingerprint density at radius 1 is 0.650 bits per heavy atom. The summed E-state index contributed by atoms with van der Waals surface area (Å²) in [7, 11) is 0. The van der Waals surface area contributed by atoms with Crippen molar-refractivity contribution >= 4 is 17.8 Å². The van der Waals surface area contributed by atoms with Gasteiger partial charge < -0.3 is 9.47 Å². The van der Waals surface area contributed by atoms with Crippen LogP contribution in [-0.2, 0) is 27.1 Å². The molecule has 0 amide bonds. The van der Waals surface area contributed by atoms with E-state index in [2.05, 4.69) is 72.8 Å². The first-order chi connectivity index (χ1) is 19.6. The second-order valence-electron chi connectivity index (χ2n) is 9.79. The van der Waals surface area contributed by atoms with E-state index in [0.717, 1.165) is 31.2 Å². The number of benzene rings is 4. The molecule has 0 radical (unpaired) electrons. The molecule has 0 spiro atoms. The second kappa shape index (κ2) is 15.3. The zero-order valence-corrected chi connectivity index (χ0v) is 23.1. The maximum absolute atomic E-state index is 12.3. The molecule has 0 aliphatic rings. The molecule has 0 aromatic heterocycles. The molecule has 0 N–H and O–H groups in total. The molecule has 0 aliphatic heterocycles. The van der Waals surface area contributed by atoms with Gasteiger partial charge in [0.2, 0.25) is 0 Å². The van der Waals surface area contributed by atoms with Gasteiger partial charge in [0, 0.05) is 32.1 Å². The number of esters is 1. The summed E-state index contributed by atoms with van der Waals surface area (Å²) in [6, 6.07) is 35.1. The standard InChI is InChI=1S/C36H36O4/c1-28(37)40-26-6-25-39-24-5-7-29-14-19-33(20-15-29)34-21-16-32(17-22-34)27-31-12-10-30(11-13-31)18-23-36(38)35-8-3-2-4-9-35/h2-4,8-23H,5-7,24-27H2,1H3/b23-18+. The van der Waals surface area contributed by atoms with E-state index >= 15 is 0 Å². The molecule has 0 unspecified atom stereocenters. The monoisotopic (exact) mass is 532 g/mol. The number of hydrogen-bond donors (Lipinski definition) is 0. The predicted molar refractivity (Wildman–Crippen MR) is 161 cm³/mol. The number of ether oxygens (including phenoxy) is 2. The SMILES string of the molecule is CC(=O)OCCCOCCCc1ccc(-c2ccc(Cc3ccc(/C=C/C(=O)c4ccccc4)cc3)cc2)cc1. The molecule has 0 heterocycles. The van der Waals surface area contributed by atoms with Crippen LogP contribution in [0.25, 0.3) is 17.2 Å². The van der Waals surface area contributed by atoms with E-state index in [1.807, 2.05) is 36.4 Å². The van der Waals surface area contributed by atoms with Gasteiger partial charge >= 0.3 is 5.97 Å². The van der Waals surface area contributed by atoms with E-state index < -0.39 is 0 Å². The van der Waals surface area contributed by atoms with Crippen molar-refractivity contribution in [2.45, 2.75) is 32.6 Å². The largest absolute Gasteiger partial charge is 0.466 e. The summed E-state index contributed by atoms with van der Waals surface area (Å²) in [6.45, 7) is 3.16. The summed E-state index contributed by atoms with van der Waals surface area (Å²) < 4.78 is 10.5. The summed E-state index contributed by atoms with van der Waals surface area (Å²) in [5.41, 5.74) is 7.91. The van der Waals surface area contributed by atoms with Gasteiger partial charge in [-0.05, 0) is 58.7 Å². The highest BCUT2D eigenvalue weighted by atomic mass is 16.5. The van der Waals surface area contributed by atoms with Crippen molar-refractivity contribution in [3.63, 3.8) is 0 Å². The summed E-state index contributed by atoms with van der Waals surface area (Å²) in [6.07, 6.45) is 7.02. The third-order valence-electron chi connectivity index (χ3n) is 6.61. The molecule has 4 aromatic carbocycles. The Morgan fingerprint density at radius 3 is 1.85 bits per heavy atom. The first-order valence-electron chi connectivity index (χ1n) is 13.8. The van der Waals surface area contributed by atoms with Crippen LogP contribution in [0.2, 0.25) is 0 Å². The van der Waals surface area contributed by atoms with Crippen LogP contribution in [0, 0.1) is 0 Å². The number of hydrogen-bond acceptors (Lipinski definition) is 4. The van der Waals surface area contributed by atoms with Crippen LogP contribution in [0.4, 0.5) is 0 Å². The lowest BCUT2D eigenvalue weighted by Crippen LogP contribution is -2.05. The average molecular weight is 533 g/mol. The third-order valence-corrected chi connectivity index (χ3v) is 6.61. The highest BCUT2D eigenvalue weighted by Gasteiger charge is 2.03. The number of aryl methyl sites for hydroxylation is 1. The Morgan fingerprint density at radius 2 is 1.23 bits per heavy atom. The second-order valence-corrected chi connectivity index (χ2v) is 9.79. The Balaban J connectivity index is 1.21. The minimum Gasteiger partial charge on any atom is -0.466 e. The van der Waals surface area contributed by atoms with Crippen LogP contribution in [0.1, 0.15) is 52.4 Å². The molecule has 0 atom stereocenters. The molecule has 0 fully saturated rings. The Hall–Kier alpha value is -4.28. The minimum atomic E-state index is -0.245. The van der Waals surface area contributed by atoms with Crippen molar-refractivity contribution < 1.29 is 19.1 Å². The molecule has 0 saturated carbocycles. The van der Waals surface area contributed by atoms with Gasteiger partial charge in [-0.15, -0.1) is 0 Å². The van der Waals surface area contributed by atoms with Gasteiger partial charge in [-0.3, -0.25) is 9.59 Å². The van der Waals surface area contributed by atoms with Crippen LogP contribution in [0.5, 0.6) is 0 Å². The number of carbonyl (C=O) groups excluding carboxylic acids is 2. The van der Waals surface area contributed by atoms with Crippen molar-refractivity contribution in [1.82, 2.24) is 0 Å². The van der Waals surface area contributed by atoms with E-state index in [1.54, 1.807) is 6.08 Å². The van der Waals surface area contributed by atoms with Crippen molar-refractivity contribution in [2.75, 3.05) is 19.8 Å². The summed E-state index contributed by atoms with van der Waals surface area (Å²) >= 11 is 0. The lowest BCUT2D eigenvalue weighted by molar-refractivity contribution is -0.141. The molecule has 0 saturated heterocycles. The molecule has 0 aliphatic carbocycles. The summed E-state index contributed by atoms with van der Waals surface area (Å²) in [5, 5.41) is 0. The first kappa shape index (κ1) is 28.7. The lowest BCUT2D eigenvalue weighted by atomic mass is 9.98. The van der Waals surface area contributed by atoms with Crippen molar-refractivity contribution in [3.8, 4) is 11.1 Å². The smallest absolute Gasteiger partial charge is 0.302 e. The van der Waals surface area contributed by atoms with Gasteiger partial charge in [0.25, 0.3) is 0 Å². The van der Waals surface area contributed by atoms with Crippen molar-refractivity contribution in [1.29, 1.82) is 0 Å². The Kier molecular flexibility index (Phi) is 11.0. The molecule has 204 valence electrons. The topological polar surface area (TPSA) is 52.6 Å². The van der Waals surface area contributed by atoms with Crippen molar-refractivity contribution in [2.24, 2.45) is 0 Å². The van der Waals surface area contributed by atoms with Crippen LogP contribution >= 0.6 is 0 Å². The van der Waals surface area contributed by atoms with Gasteiger partial charge in [0.15, 0.2) is 5.78 Å². The summed E-state index contributed by atoms with van der Waals surface area (Å²) in [5.74, 6) is -0.236. The fourth-order valence-corrected chi connectivity index (χ4v) is 4.39. The first-order valence-corrected chi connectivity index (χ1v) is 13.8. The van der Waals surface area contributed by atoms with Crippen LogP contribution < -0.4 is 0 Å². The van der Waals surface area contributed by atoms with E-state index in [0.29, 0.717) is 25.4 Å². The van der Waals surface area contributed by atoms with Crippen molar-refractivity contribution in [3.05, 3.63) is 137 Å². The van der Waals surface area contributed by atoms with E-state index in [-0.39, 0.29) is 11.8 Å². The Bertz CT molecular complexity index is 1370. The molecule has 4 rings (SSSR count). The molecule has 0 bridgehead atoms. The fraction of sp³-hybridized carbons (Fsp3) is 0.222. The van der Waals surface area contributed by atoms with Gasteiger partial charge in [0.05, 0.1) is 6.61 Å². The van der Waals surface area contributed by atoms with E-state index in [9.17, 15) is 9.59 Å². The zero-order valence-electron chi connectivity index (χ0n) is 23.1. The Labute approximate surface area is 237 Å². The van der Waals surface area contributed by atoms with E-state index in [1.165, 1.54) is 34.7 Å². The molecular formula is C36H36O4. The van der Waals surface area contributed by atoms with Gasteiger partial charge in [-0.2, -0.15) is 0 Å². The lowest BCUT2D eigenvalue weighted by Gasteiger charge is -2.08. The molecule has 4 heteroatoms. The predicted octanol–water partition coefficient (Wildman–Crippen LogP) is 7.74. The van der Waals surface area contributed by atoms with E-state index in [4.69, 9.17) is 9.47 Å². The quantitative estimate of drug-likeness (QED) is 0.0721. The summed E-state index contributed by atoms with van der Waals surface area (Å²) in [4.78, 5) is 23.0. The van der Waals surface area contributed by atoms with Gasteiger partial charge in [-0.1, -0.05) is 109 Å². The highest BCUT2D eigenvalue weighted by Crippen LogP contribution is 2.22. The minimum absolute atomic E-state index is 0.00921. The highest BCUT2D eigenvalue weighted by molar-refractivity contribution is 6.06. The van der Waals surface area contributed by atoms with Gasteiger partial charge in [-0.25, -0.2) is 0 Å². The number of rotatable bonds is 14. The maximum atomic E-state index is 12.3. The number of ketones is 1. The third kappa shape index (κ3) is 9.48. The molecular weight excluding hydrogens is 496 g/mol. The molecule has 4 aromatic rings. The average Bonchev–Trinajstić information content (AvgIpc) is 2.99. The number of carbonyl (C=O) groups is 2. The van der Waals surface area contributed by atoms with Gasteiger partial charge in [0.1, 0.15) is 0 Å². The maximum Gasteiger partial charge on any atom is 0.302 e. The molecule has 4 nitrogen and oxygen atoms in total. The van der Waals surface area contributed by atoms with Crippen LogP contribution in [0.15, 0.2) is 109 Å². The molecule has 40 heavy (non-hydrogen) atoms. The fourth-order valence-electron chi connectivity index (χ4n) is 4.39. The van der Waals surface area contributed by atoms with Crippen LogP contribution in [0.3, 0.4) is 0 Å². The van der Waals surface area contributed by atoms with Crippen LogP contribution in [-0.4, -0.2) is 31.6 Å². The normalized spacial score (nSPS) is 11.0. The zero-order chi connectivity index (χ0) is 28.0.